The zero-order chi connectivity index (χ0) is 13.7. The molecule has 5 heteroatoms. The third-order valence-corrected chi connectivity index (χ3v) is 2.22. The van der Waals surface area contributed by atoms with E-state index in [1.807, 2.05) is 0 Å². The van der Waals surface area contributed by atoms with E-state index in [4.69, 9.17) is 9.47 Å². The number of carbonyl (C=O) groups excluding carboxylic acids is 1. The van der Waals surface area contributed by atoms with E-state index in [-0.39, 0.29) is 18.2 Å². The summed E-state index contributed by atoms with van der Waals surface area (Å²) >= 11 is 0. The van der Waals surface area contributed by atoms with Gasteiger partial charge < -0.3 is 9.47 Å². The van der Waals surface area contributed by atoms with Crippen LogP contribution in [0, 0.1) is 11.6 Å². The zero-order valence-corrected chi connectivity index (χ0v) is 9.81. The van der Waals surface area contributed by atoms with Crippen molar-refractivity contribution in [2.45, 2.75) is 0 Å². The highest BCUT2D eigenvalue weighted by Gasteiger charge is 2.06. The number of benzene rings is 2. The SMILES string of the molecule is O=C(COc1ccc(F)cc1)Oc1ccc(F)cc1. The van der Waals surface area contributed by atoms with Gasteiger partial charge in [-0.25, -0.2) is 13.6 Å². The fraction of sp³-hybridized carbons (Fsp3) is 0.0714. The molecule has 0 saturated carbocycles. The first-order valence-corrected chi connectivity index (χ1v) is 5.48. The molecule has 2 aromatic rings. The summed E-state index contributed by atoms with van der Waals surface area (Å²) in [5.74, 6) is -0.842. The minimum absolute atomic E-state index is 0.231. The Labute approximate surface area is 108 Å². The molecule has 0 bridgehead atoms. The van der Waals surface area contributed by atoms with Crippen LogP contribution in [0.25, 0.3) is 0 Å². The van der Waals surface area contributed by atoms with Crippen LogP contribution in [0.2, 0.25) is 0 Å². The van der Waals surface area contributed by atoms with Crippen LogP contribution >= 0.6 is 0 Å². The Kier molecular flexibility index (Phi) is 4.07. The largest absolute Gasteiger partial charge is 0.482 e. The lowest BCUT2D eigenvalue weighted by molar-refractivity contribution is -0.136. The Balaban J connectivity index is 1.84. The topological polar surface area (TPSA) is 35.5 Å². The molecule has 0 spiro atoms. The van der Waals surface area contributed by atoms with E-state index < -0.39 is 11.8 Å². The van der Waals surface area contributed by atoms with Crippen LogP contribution < -0.4 is 9.47 Å². The molecular weight excluding hydrogens is 254 g/mol. The normalized spacial score (nSPS) is 10.0. The maximum atomic E-state index is 12.6. The summed E-state index contributed by atoms with van der Waals surface area (Å²) in [5.41, 5.74) is 0. The third kappa shape index (κ3) is 4.06. The van der Waals surface area contributed by atoms with E-state index in [1.54, 1.807) is 0 Å². The standard InChI is InChI=1S/C14H10F2O3/c15-10-1-5-12(6-2-10)18-9-14(17)19-13-7-3-11(16)4-8-13/h1-8H,9H2. The Morgan fingerprint density at radius 3 is 1.84 bits per heavy atom. The van der Waals surface area contributed by atoms with Crippen molar-refractivity contribution in [1.82, 2.24) is 0 Å². The summed E-state index contributed by atoms with van der Waals surface area (Å²) < 4.78 is 35.3. The number of carbonyl (C=O) groups is 1. The summed E-state index contributed by atoms with van der Waals surface area (Å²) in [7, 11) is 0. The average Bonchev–Trinajstić information content (AvgIpc) is 2.41. The summed E-state index contributed by atoms with van der Waals surface area (Å²) in [5, 5.41) is 0. The number of halogens is 2. The Morgan fingerprint density at radius 1 is 0.842 bits per heavy atom. The van der Waals surface area contributed by atoms with Gasteiger partial charge in [-0.05, 0) is 48.5 Å². The molecule has 0 heterocycles. The summed E-state index contributed by atoms with van der Waals surface area (Å²) in [6, 6.07) is 10.3. The van der Waals surface area contributed by atoms with Crippen molar-refractivity contribution >= 4 is 5.97 Å². The zero-order valence-electron chi connectivity index (χ0n) is 9.81. The molecule has 0 aliphatic rings. The van der Waals surface area contributed by atoms with Crippen LogP contribution in [-0.4, -0.2) is 12.6 Å². The van der Waals surface area contributed by atoms with Crippen molar-refractivity contribution in [2.24, 2.45) is 0 Å². The van der Waals surface area contributed by atoms with Crippen molar-refractivity contribution in [2.75, 3.05) is 6.61 Å². The molecule has 0 aliphatic carbocycles. The van der Waals surface area contributed by atoms with Gasteiger partial charge in [0.25, 0.3) is 0 Å². The van der Waals surface area contributed by atoms with Gasteiger partial charge >= 0.3 is 5.97 Å². The van der Waals surface area contributed by atoms with Gasteiger partial charge in [0.15, 0.2) is 6.61 Å². The minimum atomic E-state index is -0.629. The van der Waals surface area contributed by atoms with Gasteiger partial charge in [-0.15, -0.1) is 0 Å². The summed E-state index contributed by atoms with van der Waals surface area (Å²) in [6.45, 7) is -0.316. The van der Waals surface area contributed by atoms with E-state index in [9.17, 15) is 13.6 Å². The van der Waals surface area contributed by atoms with Crippen LogP contribution in [0.15, 0.2) is 48.5 Å². The maximum absolute atomic E-state index is 12.6. The molecule has 0 fully saturated rings. The fourth-order valence-corrected chi connectivity index (χ4v) is 1.34. The van der Waals surface area contributed by atoms with Crippen LogP contribution in [0.3, 0.4) is 0 Å². The number of esters is 1. The number of rotatable bonds is 4. The molecule has 0 aliphatic heterocycles. The molecule has 0 aromatic heterocycles. The quantitative estimate of drug-likeness (QED) is 0.629. The first-order chi connectivity index (χ1) is 9.13. The summed E-state index contributed by atoms with van der Waals surface area (Å²) in [6.07, 6.45) is 0. The van der Waals surface area contributed by atoms with Crippen molar-refractivity contribution < 1.29 is 23.0 Å². The molecule has 0 saturated heterocycles. The van der Waals surface area contributed by atoms with Crippen LogP contribution in [0.4, 0.5) is 8.78 Å². The van der Waals surface area contributed by atoms with Gasteiger partial charge in [0.1, 0.15) is 23.1 Å². The number of hydrogen-bond acceptors (Lipinski definition) is 3. The van der Waals surface area contributed by atoms with E-state index in [2.05, 4.69) is 0 Å². The van der Waals surface area contributed by atoms with Crippen molar-refractivity contribution in [1.29, 1.82) is 0 Å². The van der Waals surface area contributed by atoms with Crippen LogP contribution in [0.1, 0.15) is 0 Å². The van der Waals surface area contributed by atoms with Gasteiger partial charge in [-0.1, -0.05) is 0 Å². The van der Waals surface area contributed by atoms with Gasteiger partial charge in [0.05, 0.1) is 0 Å². The van der Waals surface area contributed by atoms with Crippen molar-refractivity contribution in [3.05, 3.63) is 60.2 Å². The molecule has 19 heavy (non-hydrogen) atoms. The van der Waals surface area contributed by atoms with Crippen LogP contribution in [0.5, 0.6) is 11.5 Å². The first-order valence-electron chi connectivity index (χ1n) is 5.48. The van der Waals surface area contributed by atoms with Crippen molar-refractivity contribution in [3.63, 3.8) is 0 Å². The third-order valence-electron chi connectivity index (χ3n) is 2.22. The lowest BCUT2D eigenvalue weighted by Gasteiger charge is -2.06. The fourth-order valence-electron chi connectivity index (χ4n) is 1.34. The molecule has 2 rings (SSSR count). The lowest BCUT2D eigenvalue weighted by atomic mass is 10.3. The smallest absolute Gasteiger partial charge is 0.349 e. The molecular formula is C14H10F2O3. The van der Waals surface area contributed by atoms with E-state index in [0.29, 0.717) is 5.75 Å². The number of ether oxygens (including phenoxy) is 2. The molecule has 0 N–H and O–H groups in total. The van der Waals surface area contributed by atoms with Crippen LogP contribution in [-0.2, 0) is 4.79 Å². The molecule has 2 aromatic carbocycles. The average molecular weight is 264 g/mol. The Hall–Kier alpha value is -2.43. The molecule has 0 unspecified atom stereocenters. The Bertz CT molecular complexity index is 550. The second-order valence-electron chi connectivity index (χ2n) is 3.67. The van der Waals surface area contributed by atoms with Gasteiger partial charge in [-0.2, -0.15) is 0 Å². The van der Waals surface area contributed by atoms with Gasteiger partial charge in [-0.3, -0.25) is 0 Å². The van der Waals surface area contributed by atoms with Gasteiger partial charge in [0, 0.05) is 0 Å². The molecule has 0 radical (unpaired) electrons. The first kappa shape index (κ1) is 13.0. The predicted molar refractivity (Wildman–Crippen MR) is 63.9 cm³/mol. The highest BCUT2D eigenvalue weighted by atomic mass is 19.1. The second kappa shape index (κ2) is 5.95. The monoisotopic (exact) mass is 264 g/mol. The van der Waals surface area contributed by atoms with Crippen molar-refractivity contribution in [3.8, 4) is 11.5 Å². The summed E-state index contributed by atoms with van der Waals surface area (Å²) in [4.78, 5) is 11.4. The van der Waals surface area contributed by atoms with E-state index >= 15 is 0 Å². The van der Waals surface area contributed by atoms with E-state index in [1.165, 1.54) is 48.5 Å². The lowest BCUT2D eigenvalue weighted by Crippen LogP contribution is -2.17. The molecule has 0 atom stereocenters. The molecule has 3 nitrogen and oxygen atoms in total. The maximum Gasteiger partial charge on any atom is 0.349 e. The molecule has 98 valence electrons. The minimum Gasteiger partial charge on any atom is -0.482 e. The molecule has 0 amide bonds. The van der Waals surface area contributed by atoms with Gasteiger partial charge in [0.2, 0.25) is 0 Å². The number of hydrogen-bond donors (Lipinski definition) is 0. The van der Waals surface area contributed by atoms with E-state index in [0.717, 1.165) is 0 Å². The second-order valence-corrected chi connectivity index (χ2v) is 3.67. The Morgan fingerprint density at radius 2 is 1.32 bits per heavy atom. The highest BCUT2D eigenvalue weighted by Crippen LogP contribution is 2.13. The highest BCUT2D eigenvalue weighted by molar-refractivity contribution is 5.73. The predicted octanol–water partition coefficient (Wildman–Crippen LogP) is 2.95.